The molecule has 0 aromatic carbocycles. The molecule has 0 spiro atoms. The molecule has 0 aliphatic rings. The zero-order valence-electron chi connectivity index (χ0n) is 10.1. The summed E-state index contributed by atoms with van der Waals surface area (Å²) in [6, 6.07) is -0.170. The Morgan fingerprint density at radius 2 is 1.79 bits per heavy atom. The monoisotopic (exact) mass is 314 g/mol. The molecule has 0 bridgehead atoms. The molecule has 1 rings (SSSR count). The van der Waals surface area contributed by atoms with E-state index in [0.717, 1.165) is 0 Å². The van der Waals surface area contributed by atoms with E-state index in [4.69, 9.17) is 24.3 Å². The first-order valence-electron chi connectivity index (χ1n) is 5.28. The van der Waals surface area contributed by atoms with Gasteiger partial charge >= 0.3 is 15.2 Å². The number of imidazole rings is 1. The van der Waals surface area contributed by atoms with Crippen LogP contribution in [0.2, 0.25) is 0 Å². The fourth-order valence-electron chi connectivity index (χ4n) is 1.35. The molecule has 1 unspecified atom stereocenters. The molecule has 0 amide bonds. The Hall–Kier alpha value is -0.530. The van der Waals surface area contributed by atoms with E-state index in [1.807, 2.05) is 0 Å². The first kappa shape index (κ1) is 16.5. The normalized spacial score (nSPS) is 14.8. The highest BCUT2D eigenvalue weighted by molar-refractivity contribution is 7.70. The Morgan fingerprint density at radius 1 is 1.21 bits per heavy atom. The Balaban J connectivity index is 2.55. The Labute approximate surface area is 109 Å². The van der Waals surface area contributed by atoms with Crippen LogP contribution >= 0.6 is 15.2 Å². The first-order chi connectivity index (χ1) is 8.62. The van der Waals surface area contributed by atoms with Crippen molar-refractivity contribution < 1.29 is 33.4 Å². The first-order valence-corrected chi connectivity index (χ1v) is 8.64. The Bertz CT molecular complexity index is 457. The molecule has 0 radical (unpaired) electrons. The zero-order chi connectivity index (χ0) is 14.7. The smallest absolute Gasteiger partial charge is 0.343 e. The SMILES string of the molecule is CC(COCC(P(=O)(O)O)P(=O)(O)O)n1ccnc1. The van der Waals surface area contributed by atoms with Gasteiger partial charge in [0.05, 0.1) is 25.6 Å². The topological polar surface area (TPSA) is 142 Å². The van der Waals surface area contributed by atoms with Crippen LogP contribution in [0.4, 0.5) is 0 Å². The molecule has 0 saturated heterocycles. The molecule has 11 heteroatoms. The van der Waals surface area contributed by atoms with Gasteiger partial charge in [-0.25, -0.2) is 4.98 Å². The highest BCUT2D eigenvalue weighted by atomic mass is 31.2. The van der Waals surface area contributed by atoms with Crippen LogP contribution in [0.5, 0.6) is 0 Å². The van der Waals surface area contributed by atoms with E-state index in [9.17, 15) is 9.13 Å². The highest BCUT2D eigenvalue weighted by Crippen LogP contribution is 2.59. The van der Waals surface area contributed by atoms with Gasteiger partial charge in [0.25, 0.3) is 0 Å². The van der Waals surface area contributed by atoms with Gasteiger partial charge in [-0.05, 0) is 6.92 Å². The van der Waals surface area contributed by atoms with E-state index in [1.54, 1.807) is 23.9 Å². The van der Waals surface area contributed by atoms with Crippen molar-refractivity contribution in [1.29, 1.82) is 0 Å². The minimum Gasteiger partial charge on any atom is -0.378 e. The van der Waals surface area contributed by atoms with E-state index in [-0.39, 0.29) is 12.6 Å². The summed E-state index contributed by atoms with van der Waals surface area (Å²) >= 11 is 0. The predicted molar refractivity (Wildman–Crippen MR) is 65.6 cm³/mol. The van der Waals surface area contributed by atoms with E-state index < -0.39 is 27.2 Å². The average molecular weight is 314 g/mol. The third-order valence-corrected chi connectivity index (χ3v) is 6.09. The molecular weight excluding hydrogens is 298 g/mol. The molecule has 1 heterocycles. The lowest BCUT2D eigenvalue weighted by atomic mass is 10.4. The molecule has 110 valence electrons. The molecule has 4 N–H and O–H groups in total. The van der Waals surface area contributed by atoms with Gasteiger partial charge in [0, 0.05) is 12.4 Å². The second kappa shape index (κ2) is 6.28. The summed E-state index contributed by atoms with van der Waals surface area (Å²) in [7, 11) is -9.85. The summed E-state index contributed by atoms with van der Waals surface area (Å²) in [5, 5.41) is -2.13. The lowest BCUT2D eigenvalue weighted by Gasteiger charge is -2.20. The fraction of sp³-hybridized carbons (Fsp3) is 0.625. The highest BCUT2D eigenvalue weighted by Gasteiger charge is 2.43. The second-order valence-corrected chi connectivity index (χ2v) is 8.07. The third kappa shape index (κ3) is 5.16. The van der Waals surface area contributed by atoms with Crippen molar-refractivity contribution in [1.82, 2.24) is 9.55 Å². The minimum atomic E-state index is -4.92. The summed E-state index contributed by atoms with van der Waals surface area (Å²) in [5.74, 6) is 0. The molecular formula is C8H16N2O7P2. The predicted octanol–water partition coefficient (Wildman–Crippen LogP) is 0.142. The van der Waals surface area contributed by atoms with Crippen molar-refractivity contribution >= 4 is 15.2 Å². The molecule has 0 aliphatic carbocycles. The van der Waals surface area contributed by atoms with E-state index in [2.05, 4.69) is 4.98 Å². The van der Waals surface area contributed by atoms with Gasteiger partial charge in [0.2, 0.25) is 0 Å². The van der Waals surface area contributed by atoms with Crippen molar-refractivity contribution in [2.45, 2.75) is 18.4 Å². The van der Waals surface area contributed by atoms with Crippen molar-refractivity contribution in [3.63, 3.8) is 0 Å². The number of nitrogens with zero attached hydrogens (tertiary/aromatic N) is 2. The van der Waals surface area contributed by atoms with Crippen LogP contribution in [0.1, 0.15) is 13.0 Å². The van der Waals surface area contributed by atoms with Crippen LogP contribution in [-0.4, -0.2) is 47.7 Å². The van der Waals surface area contributed by atoms with Crippen LogP contribution in [0.25, 0.3) is 0 Å². The van der Waals surface area contributed by atoms with E-state index in [0.29, 0.717) is 0 Å². The maximum Gasteiger partial charge on any atom is 0.343 e. The van der Waals surface area contributed by atoms with Gasteiger partial charge in [-0.3, -0.25) is 9.13 Å². The number of aromatic nitrogens is 2. The van der Waals surface area contributed by atoms with Crippen molar-refractivity contribution in [2.75, 3.05) is 13.2 Å². The molecule has 1 atom stereocenters. The van der Waals surface area contributed by atoms with Gasteiger partial charge in [0.15, 0.2) is 5.40 Å². The van der Waals surface area contributed by atoms with Crippen molar-refractivity contribution in [3.05, 3.63) is 18.7 Å². The van der Waals surface area contributed by atoms with Crippen LogP contribution in [0.15, 0.2) is 18.7 Å². The van der Waals surface area contributed by atoms with Crippen LogP contribution in [0, 0.1) is 0 Å². The molecule has 1 aromatic rings. The molecule has 19 heavy (non-hydrogen) atoms. The minimum absolute atomic E-state index is 0.0485. The van der Waals surface area contributed by atoms with E-state index in [1.165, 1.54) is 6.33 Å². The van der Waals surface area contributed by atoms with Crippen molar-refractivity contribution in [2.24, 2.45) is 0 Å². The van der Waals surface area contributed by atoms with Crippen LogP contribution < -0.4 is 0 Å². The summed E-state index contributed by atoms with van der Waals surface area (Å²) in [5.41, 5.74) is 0. The van der Waals surface area contributed by atoms with Gasteiger partial charge in [-0.2, -0.15) is 0 Å². The Kier molecular flexibility index (Phi) is 5.46. The summed E-state index contributed by atoms with van der Waals surface area (Å²) in [6.45, 7) is 1.10. The van der Waals surface area contributed by atoms with Crippen molar-refractivity contribution in [3.8, 4) is 0 Å². The van der Waals surface area contributed by atoms with Gasteiger partial charge in [-0.1, -0.05) is 0 Å². The lowest BCUT2D eigenvalue weighted by molar-refractivity contribution is 0.108. The van der Waals surface area contributed by atoms with E-state index >= 15 is 0 Å². The standard InChI is InChI=1S/C8H16N2O7P2/c1-7(10-3-2-9-6-10)4-17-5-8(18(11,12)13)19(14,15)16/h2-3,6-8H,4-5H2,1H3,(H2,11,12,13)(H2,14,15,16). The molecule has 9 nitrogen and oxygen atoms in total. The Morgan fingerprint density at radius 3 is 2.21 bits per heavy atom. The lowest BCUT2D eigenvalue weighted by Crippen LogP contribution is -2.20. The van der Waals surface area contributed by atoms with Crippen LogP contribution in [-0.2, 0) is 13.9 Å². The molecule has 0 fully saturated rings. The second-order valence-electron chi connectivity index (χ2n) is 4.06. The number of ether oxygens (including phenoxy) is 1. The maximum atomic E-state index is 11.0. The summed E-state index contributed by atoms with van der Waals surface area (Å²) in [6.07, 6.45) is 4.78. The third-order valence-electron chi connectivity index (χ3n) is 2.44. The number of hydrogen-bond donors (Lipinski definition) is 4. The molecule has 1 aromatic heterocycles. The van der Waals surface area contributed by atoms with Crippen LogP contribution in [0.3, 0.4) is 0 Å². The summed E-state index contributed by atoms with van der Waals surface area (Å²) in [4.78, 5) is 39.4. The number of hydrogen-bond acceptors (Lipinski definition) is 4. The number of rotatable bonds is 7. The van der Waals surface area contributed by atoms with Gasteiger partial charge in [-0.15, -0.1) is 0 Å². The molecule has 0 saturated carbocycles. The molecule has 0 aliphatic heterocycles. The zero-order valence-corrected chi connectivity index (χ0v) is 11.9. The quantitative estimate of drug-likeness (QED) is 0.521. The fourth-order valence-corrected chi connectivity index (χ4v) is 3.52. The van der Waals surface area contributed by atoms with Gasteiger partial charge in [0.1, 0.15) is 0 Å². The maximum absolute atomic E-state index is 11.0. The van der Waals surface area contributed by atoms with Gasteiger partial charge < -0.3 is 28.9 Å². The average Bonchev–Trinajstić information content (AvgIpc) is 2.73. The largest absolute Gasteiger partial charge is 0.378 e. The summed E-state index contributed by atoms with van der Waals surface area (Å²) < 4.78 is 28.7.